The van der Waals surface area contributed by atoms with Gasteiger partial charge in [0.25, 0.3) is 11.8 Å². The van der Waals surface area contributed by atoms with Gasteiger partial charge in [0.2, 0.25) is 0 Å². The molecule has 0 spiro atoms. The van der Waals surface area contributed by atoms with Crippen molar-refractivity contribution >= 4 is 17.5 Å². The largest absolute Gasteiger partial charge is 0.489 e. The van der Waals surface area contributed by atoms with Crippen LogP contribution in [0.2, 0.25) is 0 Å². The van der Waals surface area contributed by atoms with Crippen molar-refractivity contribution in [3.8, 4) is 17.2 Å². The molecule has 7 heteroatoms. The van der Waals surface area contributed by atoms with Gasteiger partial charge in [-0.1, -0.05) is 38.1 Å². The van der Waals surface area contributed by atoms with Gasteiger partial charge in [0.15, 0.2) is 0 Å². The molecule has 7 nitrogen and oxygen atoms in total. The highest BCUT2D eigenvalue weighted by Crippen LogP contribution is 2.32. The Kier molecular flexibility index (Phi) is 7.11. The number of aryl methyl sites for hydroxylation is 1. The zero-order valence-electron chi connectivity index (χ0n) is 19.7. The molecule has 1 atom stereocenters. The normalized spacial score (nSPS) is 15.4. The van der Waals surface area contributed by atoms with E-state index in [1.165, 1.54) is 6.20 Å². The zero-order valence-corrected chi connectivity index (χ0v) is 19.7. The molecule has 2 amide bonds. The predicted octanol–water partition coefficient (Wildman–Crippen LogP) is 4.62. The molecule has 2 aromatic carbocycles. The lowest BCUT2D eigenvalue weighted by Gasteiger charge is -2.21. The fraction of sp³-hybridized carbons (Fsp3) is 0.296. The number of amides is 2. The molecule has 1 aliphatic heterocycles. The third-order valence-corrected chi connectivity index (χ3v) is 5.68. The number of para-hydroxylation sites is 1. The van der Waals surface area contributed by atoms with Crippen LogP contribution in [-0.4, -0.2) is 36.5 Å². The van der Waals surface area contributed by atoms with Gasteiger partial charge in [-0.25, -0.2) is 0 Å². The van der Waals surface area contributed by atoms with Gasteiger partial charge in [-0.3, -0.25) is 14.6 Å². The van der Waals surface area contributed by atoms with Crippen molar-refractivity contribution in [2.45, 2.75) is 32.7 Å². The van der Waals surface area contributed by atoms with Crippen LogP contribution >= 0.6 is 0 Å². The first-order chi connectivity index (χ1) is 16.4. The minimum atomic E-state index is -0.843. The first-order valence-corrected chi connectivity index (χ1v) is 11.4. The first-order valence-electron chi connectivity index (χ1n) is 11.4. The second-order valence-corrected chi connectivity index (χ2v) is 8.76. The van der Waals surface area contributed by atoms with Crippen LogP contribution in [0.3, 0.4) is 0 Å². The Bertz CT molecular complexity index is 1160. The van der Waals surface area contributed by atoms with Gasteiger partial charge < -0.3 is 19.7 Å². The molecular weight excluding hydrogens is 430 g/mol. The van der Waals surface area contributed by atoms with Gasteiger partial charge in [-0.2, -0.15) is 0 Å². The van der Waals surface area contributed by atoms with E-state index in [0.717, 1.165) is 18.4 Å². The Morgan fingerprint density at radius 3 is 2.71 bits per heavy atom. The summed E-state index contributed by atoms with van der Waals surface area (Å²) in [5.41, 5.74) is 2.01. The minimum Gasteiger partial charge on any atom is -0.489 e. The van der Waals surface area contributed by atoms with E-state index in [-0.39, 0.29) is 18.2 Å². The standard InChI is InChI=1S/C27H29N3O4/c1-18(2)9-10-19-11-12-25-24(15-19)30(3)27(32)23(17-33-25)29-26(31)22-16-21(13-14-28-22)34-20-7-5-4-6-8-20/h4-8,11-16,18,23H,9-10,17H2,1-3H3,(H,29,31)/t23-/m0/s1. The Morgan fingerprint density at radius 2 is 1.94 bits per heavy atom. The summed E-state index contributed by atoms with van der Waals surface area (Å²) in [6, 6.07) is 17.6. The maximum absolute atomic E-state index is 13.1. The number of hydrogen-bond acceptors (Lipinski definition) is 5. The Labute approximate surface area is 199 Å². The summed E-state index contributed by atoms with van der Waals surface area (Å²) in [5.74, 6) is 1.63. The van der Waals surface area contributed by atoms with Gasteiger partial charge >= 0.3 is 0 Å². The fourth-order valence-corrected chi connectivity index (χ4v) is 3.71. The SMILES string of the molecule is CC(C)CCc1ccc2c(c1)N(C)C(=O)[C@@H](NC(=O)c1cc(Oc3ccccc3)ccn1)CO2. The quantitative estimate of drug-likeness (QED) is 0.558. The molecule has 0 saturated carbocycles. The topological polar surface area (TPSA) is 80.8 Å². The molecular formula is C27H29N3O4. The van der Waals surface area contributed by atoms with E-state index < -0.39 is 11.9 Å². The number of aromatic nitrogens is 1. The van der Waals surface area contributed by atoms with Crippen LogP contribution in [-0.2, 0) is 11.2 Å². The average Bonchev–Trinajstić information content (AvgIpc) is 2.95. The van der Waals surface area contributed by atoms with Crippen LogP contribution in [0.1, 0.15) is 36.3 Å². The molecule has 4 rings (SSSR count). The Morgan fingerprint density at radius 1 is 1.15 bits per heavy atom. The van der Waals surface area contributed by atoms with E-state index >= 15 is 0 Å². The number of carbonyl (C=O) groups is 2. The van der Waals surface area contributed by atoms with Gasteiger partial charge in [0.05, 0.1) is 5.69 Å². The van der Waals surface area contributed by atoms with Gasteiger partial charge in [-0.15, -0.1) is 0 Å². The fourth-order valence-electron chi connectivity index (χ4n) is 3.71. The molecule has 1 N–H and O–H groups in total. The molecule has 2 heterocycles. The van der Waals surface area contributed by atoms with Crippen molar-refractivity contribution in [3.63, 3.8) is 0 Å². The van der Waals surface area contributed by atoms with E-state index in [4.69, 9.17) is 9.47 Å². The van der Waals surface area contributed by atoms with E-state index in [9.17, 15) is 9.59 Å². The smallest absolute Gasteiger partial charge is 0.270 e. The summed E-state index contributed by atoms with van der Waals surface area (Å²) < 4.78 is 11.7. The number of rotatable bonds is 7. The van der Waals surface area contributed by atoms with Crippen LogP contribution in [0, 0.1) is 5.92 Å². The molecule has 34 heavy (non-hydrogen) atoms. The number of nitrogens with zero attached hydrogens (tertiary/aromatic N) is 2. The number of ether oxygens (including phenoxy) is 2. The highest BCUT2D eigenvalue weighted by molar-refractivity contribution is 6.02. The van der Waals surface area contributed by atoms with Crippen molar-refractivity contribution in [2.24, 2.45) is 5.92 Å². The monoisotopic (exact) mass is 459 g/mol. The molecule has 176 valence electrons. The second-order valence-electron chi connectivity index (χ2n) is 8.76. The maximum atomic E-state index is 13.1. The van der Waals surface area contributed by atoms with Crippen LogP contribution in [0.15, 0.2) is 66.9 Å². The molecule has 1 aliphatic rings. The van der Waals surface area contributed by atoms with Crippen molar-refractivity contribution in [3.05, 3.63) is 78.1 Å². The predicted molar refractivity (Wildman–Crippen MR) is 131 cm³/mol. The van der Waals surface area contributed by atoms with E-state index in [2.05, 4.69) is 24.1 Å². The third-order valence-electron chi connectivity index (χ3n) is 5.68. The number of carbonyl (C=O) groups excluding carboxylic acids is 2. The van der Waals surface area contributed by atoms with Crippen LogP contribution in [0.5, 0.6) is 17.2 Å². The molecule has 0 aliphatic carbocycles. The van der Waals surface area contributed by atoms with Crippen molar-refractivity contribution < 1.29 is 19.1 Å². The number of anilines is 1. The zero-order chi connectivity index (χ0) is 24.1. The number of hydrogen-bond donors (Lipinski definition) is 1. The highest BCUT2D eigenvalue weighted by atomic mass is 16.5. The molecule has 0 unspecified atom stereocenters. The molecule has 0 saturated heterocycles. The lowest BCUT2D eigenvalue weighted by molar-refractivity contribution is -0.120. The van der Waals surface area contributed by atoms with Gasteiger partial charge in [0.1, 0.15) is 35.6 Å². The van der Waals surface area contributed by atoms with E-state index in [0.29, 0.717) is 28.9 Å². The summed E-state index contributed by atoms with van der Waals surface area (Å²) >= 11 is 0. The summed E-state index contributed by atoms with van der Waals surface area (Å²) in [5, 5.41) is 2.76. The van der Waals surface area contributed by atoms with Gasteiger partial charge in [0, 0.05) is 19.3 Å². The number of likely N-dealkylation sites (N-methyl/N-ethyl adjacent to an activating group) is 1. The van der Waals surface area contributed by atoms with Crippen molar-refractivity contribution in [2.75, 3.05) is 18.6 Å². The first kappa shape index (κ1) is 23.3. The summed E-state index contributed by atoms with van der Waals surface area (Å²) in [6.07, 6.45) is 3.50. The number of fused-ring (bicyclic) bond motifs is 1. The minimum absolute atomic E-state index is 0.0352. The van der Waals surface area contributed by atoms with Crippen LogP contribution in [0.4, 0.5) is 5.69 Å². The second kappa shape index (κ2) is 10.4. The summed E-state index contributed by atoms with van der Waals surface area (Å²) in [4.78, 5) is 31.7. The molecule has 3 aromatic rings. The highest BCUT2D eigenvalue weighted by Gasteiger charge is 2.31. The van der Waals surface area contributed by atoms with Crippen molar-refractivity contribution in [1.82, 2.24) is 10.3 Å². The Balaban J connectivity index is 1.45. The van der Waals surface area contributed by atoms with E-state index in [1.54, 1.807) is 24.1 Å². The molecule has 0 bridgehead atoms. The average molecular weight is 460 g/mol. The van der Waals surface area contributed by atoms with Crippen LogP contribution in [0.25, 0.3) is 0 Å². The molecule has 0 radical (unpaired) electrons. The maximum Gasteiger partial charge on any atom is 0.270 e. The third kappa shape index (κ3) is 5.54. The number of nitrogens with one attached hydrogen (secondary N) is 1. The Hall–Kier alpha value is -3.87. The van der Waals surface area contributed by atoms with Crippen LogP contribution < -0.4 is 19.7 Å². The van der Waals surface area contributed by atoms with E-state index in [1.807, 2.05) is 48.5 Å². The summed E-state index contributed by atoms with van der Waals surface area (Å²) in [6.45, 7) is 4.41. The number of benzene rings is 2. The number of pyridine rings is 1. The lowest BCUT2D eigenvalue weighted by atomic mass is 10.0. The van der Waals surface area contributed by atoms with Crippen molar-refractivity contribution in [1.29, 1.82) is 0 Å². The summed E-state index contributed by atoms with van der Waals surface area (Å²) in [7, 11) is 1.70. The lowest BCUT2D eigenvalue weighted by Crippen LogP contribution is -2.49. The molecule has 1 aromatic heterocycles. The van der Waals surface area contributed by atoms with Gasteiger partial charge in [-0.05, 0) is 54.7 Å². The molecule has 0 fully saturated rings.